The van der Waals surface area contributed by atoms with E-state index in [0.717, 1.165) is 12.8 Å². The van der Waals surface area contributed by atoms with Crippen LogP contribution in [0.2, 0.25) is 0 Å². The molecule has 6 nitrogen and oxygen atoms in total. The number of likely N-dealkylation sites (tertiary alicyclic amines) is 1. The van der Waals surface area contributed by atoms with E-state index in [4.69, 9.17) is 9.47 Å². The maximum Gasteiger partial charge on any atom is 0.265 e. The predicted octanol–water partition coefficient (Wildman–Crippen LogP) is 3.23. The smallest absolute Gasteiger partial charge is 0.265 e. The van der Waals surface area contributed by atoms with Crippen molar-refractivity contribution >= 4 is 28.8 Å². The Kier molecular flexibility index (Phi) is 5.52. The van der Waals surface area contributed by atoms with E-state index in [0.29, 0.717) is 48.3 Å². The van der Waals surface area contributed by atoms with Crippen LogP contribution in [0.3, 0.4) is 0 Å². The van der Waals surface area contributed by atoms with E-state index in [9.17, 15) is 9.59 Å². The monoisotopic (exact) mass is 386 g/mol. The lowest BCUT2D eigenvalue weighted by atomic mass is 9.95. The molecular weight excluding hydrogens is 364 g/mol. The molecule has 2 fully saturated rings. The topological polar surface area (TPSA) is 67.9 Å². The summed E-state index contributed by atoms with van der Waals surface area (Å²) < 4.78 is 11.2. The Bertz CT molecular complexity index is 794. The summed E-state index contributed by atoms with van der Waals surface area (Å²) in [7, 11) is 0. The van der Waals surface area contributed by atoms with Crippen molar-refractivity contribution in [2.75, 3.05) is 31.6 Å². The Hall–Kier alpha value is -2.22. The van der Waals surface area contributed by atoms with Crippen LogP contribution < -0.4 is 5.32 Å². The molecule has 1 aromatic carbocycles. The molecule has 2 aromatic rings. The molecular formula is C20H22N2O4S. The van der Waals surface area contributed by atoms with Crippen LogP contribution in [0.1, 0.15) is 32.9 Å². The molecule has 2 aliphatic rings. The molecule has 0 spiro atoms. The maximum atomic E-state index is 13.0. The van der Waals surface area contributed by atoms with Crippen molar-refractivity contribution in [3.8, 4) is 0 Å². The summed E-state index contributed by atoms with van der Waals surface area (Å²) in [5, 5.41) is 4.73. The Morgan fingerprint density at radius 3 is 2.48 bits per heavy atom. The molecule has 3 heterocycles. The number of carbonyl (C=O) groups excluding carboxylic acids is 2. The summed E-state index contributed by atoms with van der Waals surface area (Å²) in [6.45, 7) is 2.64. The summed E-state index contributed by atoms with van der Waals surface area (Å²) >= 11 is 1.37. The van der Waals surface area contributed by atoms with Crippen LogP contribution in [-0.4, -0.2) is 49.3 Å². The lowest BCUT2D eigenvalue weighted by Gasteiger charge is -2.34. The van der Waals surface area contributed by atoms with Gasteiger partial charge in [0, 0.05) is 19.0 Å². The SMILES string of the molecule is O=C(Nc1ccccc1C(=O)N1CCC(C2OCCO2)CC1)c1cccs1. The normalized spacial score (nSPS) is 18.6. The highest BCUT2D eigenvalue weighted by molar-refractivity contribution is 7.12. The van der Waals surface area contributed by atoms with Gasteiger partial charge in [-0.15, -0.1) is 11.3 Å². The molecule has 2 aliphatic heterocycles. The predicted molar refractivity (Wildman–Crippen MR) is 103 cm³/mol. The first-order chi connectivity index (χ1) is 13.2. The lowest BCUT2D eigenvalue weighted by molar-refractivity contribution is -0.0956. The zero-order valence-electron chi connectivity index (χ0n) is 14.9. The van der Waals surface area contributed by atoms with Crippen molar-refractivity contribution in [2.45, 2.75) is 19.1 Å². The molecule has 0 aliphatic carbocycles. The molecule has 2 amide bonds. The molecule has 4 rings (SSSR count). The standard InChI is InChI=1S/C20H22N2O4S/c23-18(17-6-3-13-27-17)21-16-5-2-1-4-15(16)19(24)22-9-7-14(8-10-22)20-25-11-12-26-20/h1-6,13-14,20H,7-12H2,(H,21,23). The van der Waals surface area contributed by atoms with Crippen molar-refractivity contribution in [3.05, 3.63) is 52.2 Å². The summed E-state index contributed by atoms with van der Waals surface area (Å²) in [5.74, 6) is 0.0913. The first kappa shape index (κ1) is 18.2. The number of benzene rings is 1. The molecule has 1 N–H and O–H groups in total. The molecule has 0 atom stereocenters. The van der Waals surface area contributed by atoms with E-state index in [1.165, 1.54) is 11.3 Å². The number of nitrogens with zero attached hydrogens (tertiary/aromatic N) is 1. The van der Waals surface area contributed by atoms with Gasteiger partial charge in [0.25, 0.3) is 11.8 Å². The van der Waals surface area contributed by atoms with Crippen molar-refractivity contribution < 1.29 is 19.1 Å². The second-order valence-electron chi connectivity index (χ2n) is 6.72. The number of amides is 2. The summed E-state index contributed by atoms with van der Waals surface area (Å²) in [6.07, 6.45) is 1.60. The number of hydrogen-bond acceptors (Lipinski definition) is 5. The van der Waals surface area contributed by atoms with Gasteiger partial charge < -0.3 is 19.7 Å². The number of carbonyl (C=O) groups is 2. The minimum atomic E-state index is -0.195. The van der Waals surface area contributed by atoms with Crippen molar-refractivity contribution in [1.29, 1.82) is 0 Å². The van der Waals surface area contributed by atoms with Gasteiger partial charge in [-0.05, 0) is 36.4 Å². The first-order valence-corrected chi connectivity index (χ1v) is 10.1. The van der Waals surface area contributed by atoms with Gasteiger partial charge in [0.1, 0.15) is 0 Å². The molecule has 0 bridgehead atoms. The van der Waals surface area contributed by atoms with Gasteiger partial charge in [-0.25, -0.2) is 0 Å². The van der Waals surface area contributed by atoms with Gasteiger partial charge in [-0.2, -0.15) is 0 Å². The molecule has 27 heavy (non-hydrogen) atoms. The fourth-order valence-corrected chi connectivity index (χ4v) is 4.18. The number of piperidine rings is 1. The number of para-hydroxylation sites is 1. The van der Waals surface area contributed by atoms with Gasteiger partial charge >= 0.3 is 0 Å². The molecule has 0 radical (unpaired) electrons. The Labute approximate surface area is 162 Å². The first-order valence-electron chi connectivity index (χ1n) is 9.19. The number of ether oxygens (including phenoxy) is 2. The Morgan fingerprint density at radius 1 is 1.04 bits per heavy atom. The van der Waals surface area contributed by atoms with Crippen molar-refractivity contribution in [1.82, 2.24) is 4.90 Å². The van der Waals surface area contributed by atoms with Crippen LogP contribution in [0.4, 0.5) is 5.69 Å². The van der Waals surface area contributed by atoms with Gasteiger partial charge in [-0.1, -0.05) is 18.2 Å². The summed E-state index contributed by atoms with van der Waals surface area (Å²) in [4.78, 5) is 27.9. The Morgan fingerprint density at radius 2 is 1.78 bits per heavy atom. The van der Waals surface area contributed by atoms with E-state index in [1.54, 1.807) is 18.2 Å². The highest BCUT2D eigenvalue weighted by atomic mass is 32.1. The fraction of sp³-hybridized carbons (Fsp3) is 0.400. The number of anilines is 1. The number of rotatable bonds is 4. The second-order valence-corrected chi connectivity index (χ2v) is 7.66. The van der Waals surface area contributed by atoms with E-state index >= 15 is 0 Å². The van der Waals surface area contributed by atoms with Crippen LogP contribution in [0, 0.1) is 5.92 Å². The van der Waals surface area contributed by atoms with E-state index in [-0.39, 0.29) is 18.1 Å². The van der Waals surface area contributed by atoms with Crippen LogP contribution >= 0.6 is 11.3 Å². The molecule has 2 saturated heterocycles. The average molecular weight is 386 g/mol. The second kappa shape index (κ2) is 8.21. The molecule has 142 valence electrons. The minimum Gasteiger partial charge on any atom is -0.350 e. The fourth-order valence-electron chi connectivity index (χ4n) is 3.56. The summed E-state index contributed by atoms with van der Waals surface area (Å²) in [5.41, 5.74) is 1.07. The van der Waals surface area contributed by atoms with Crippen molar-refractivity contribution in [3.63, 3.8) is 0 Å². The largest absolute Gasteiger partial charge is 0.350 e. The third kappa shape index (κ3) is 4.05. The third-order valence-electron chi connectivity index (χ3n) is 5.01. The molecule has 1 aromatic heterocycles. The Balaban J connectivity index is 1.42. The van der Waals surface area contributed by atoms with E-state index in [1.807, 2.05) is 28.5 Å². The molecule has 0 unspecified atom stereocenters. The van der Waals surface area contributed by atoms with E-state index in [2.05, 4.69) is 5.32 Å². The van der Waals surface area contributed by atoms with Gasteiger partial charge in [-0.3, -0.25) is 9.59 Å². The third-order valence-corrected chi connectivity index (χ3v) is 5.88. The van der Waals surface area contributed by atoms with Crippen molar-refractivity contribution in [2.24, 2.45) is 5.92 Å². The highest BCUT2D eigenvalue weighted by Crippen LogP contribution is 2.28. The quantitative estimate of drug-likeness (QED) is 0.876. The number of thiophene rings is 1. The number of hydrogen-bond donors (Lipinski definition) is 1. The van der Waals surface area contributed by atoms with Gasteiger partial charge in [0.05, 0.1) is 29.3 Å². The van der Waals surface area contributed by atoms with Crippen LogP contribution in [0.15, 0.2) is 41.8 Å². The molecule has 0 saturated carbocycles. The van der Waals surface area contributed by atoms with E-state index < -0.39 is 0 Å². The number of nitrogens with one attached hydrogen (secondary N) is 1. The summed E-state index contributed by atoms with van der Waals surface area (Å²) in [6, 6.07) is 10.8. The highest BCUT2D eigenvalue weighted by Gasteiger charge is 2.32. The molecule has 7 heteroatoms. The average Bonchev–Trinajstić information content (AvgIpc) is 3.42. The zero-order valence-corrected chi connectivity index (χ0v) is 15.7. The maximum absolute atomic E-state index is 13.0. The van der Waals surface area contributed by atoms with Gasteiger partial charge in [0.15, 0.2) is 6.29 Å². The van der Waals surface area contributed by atoms with Gasteiger partial charge in [0.2, 0.25) is 0 Å². The van der Waals surface area contributed by atoms with Crippen LogP contribution in [0.25, 0.3) is 0 Å². The minimum absolute atomic E-state index is 0.0520. The lowest BCUT2D eigenvalue weighted by Crippen LogP contribution is -2.41. The zero-order chi connectivity index (χ0) is 18.6. The van der Waals surface area contributed by atoms with Crippen LogP contribution in [-0.2, 0) is 9.47 Å². The van der Waals surface area contributed by atoms with Crippen LogP contribution in [0.5, 0.6) is 0 Å².